The van der Waals surface area contributed by atoms with Gasteiger partial charge in [0, 0.05) is 21.1 Å². The van der Waals surface area contributed by atoms with Gasteiger partial charge < -0.3 is 10.7 Å². The summed E-state index contributed by atoms with van der Waals surface area (Å²) < 4.78 is 1.08. The summed E-state index contributed by atoms with van der Waals surface area (Å²) in [6.07, 6.45) is 0. The highest BCUT2D eigenvalue weighted by atomic mass is 79.9. The molecule has 1 heterocycles. The molecule has 0 radical (unpaired) electrons. The van der Waals surface area contributed by atoms with Crippen LogP contribution in [-0.4, -0.2) is 4.98 Å². The van der Waals surface area contributed by atoms with Gasteiger partial charge in [0.25, 0.3) is 0 Å². The molecule has 0 saturated carbocycles. The van der Waals surface area contributed by atoms with E-state index in [2.05, 4.69) is 46.0 Å². The van der Waals surface area contributed by atoms with Crippen molar-refractivity contribution >= 4 is 26.8 Å². The molecule has 0 atom stereocenters. The zero-order valence-electron chi connectivity index (χ0n) is 9.19. The van der Waals surface area contributed by atoms with E-state index in [-0.39, 0.29) is 5.54 Å². The molecule has 15 heavy (non-hydrogen) atoms. The van der Waals surface area contributed by atoms with Crippen LogP contribution in [0.25, 0.3) is 10.9 Å². The summed E-state index contributed by atoms with van der Waals surface area (Å²) in [5, 5.41) is 1.24. The molecule has 0 bridgehead atoms. The Bertz CT molecular complexity index is 506. The number of benzene rings is 1. The Labute approximate surface area is 98.0 Å². The Kier molecular flexibility index (Phi) is 2.40. The Balaban J connectivity index is 2.75. The lowest BCUT2D eigenvalue weighted by Gasteiger charge is -2.18. The molecule has 0 saturated heterocycles. The average molecular weight is 267 g/mol. The molecular weight excluding hydrogens is 252 g/mol. The number of H-pyrrole nitrogens is 1. The first-order valence-electron chi connectivity index (χ1n) is 4.97. The minimum absolute atomic E-state index is 0.324. The Morgan fingerprint density at radius 3 is 2.60 bits per heavy atom. The van der Waals surface area contributed by atoms with E-state index in [0.717, 1.165) is 15.7 Å². The maximum absolute atomic E-state index is 6.12. The van der Waals surface area contributed by atoms with Gasteiger partial charge in [0.1, 0.15) is 0 Å². The van der Waals surface area contributed by atoms with Crippen molar-refractivity contribution in [1.29, 1.82) is 0 Å². The average Bonchev–Trinajstić information content (AvgIpc) is 2.42. The van der Waals surface area contributed by atoms with Gasteiger partial charge in [-0.2, -0.15) is 0 Å². The fourth-order valence-corrected chi connectivity index (χ4v) is 2.32. The fourth-order valence-electron chi connectivity index (χ4n) is 1.95. The second kappa shape index (κ2) is 3.35. The van der Waals surface area contributed by atoms with E-state index < -0.39 is 0 Å². The number of aryl methyl sites for hydroxylation is 1. The topological polar surface area (TPSA) is 41.8 Å². The number of nitrogens with one attached hydrogen (secondary N) is 1. The van der Waals surface area contributed by atoms with Crippen LogP contribution >= 0.6 is 15.9 Å². The molecule has 0 aliphatic heterocycles. The first-order valence-corrected chi connectivity index (χ1v) is 5.76. The molecule has 0 aliphatic rings. The summed E-state index contributed by atoms with van der Waals surface area (Å²) in [5.41, 5.74) is 9.28. The fraction of sp³-hybridized carbons (Fsp3) is 0.333. The monoisotopic (exact) mass is 266 g/mol. The molecule has 3 N–H and O–H groups in total. The lowest BCUT2D eigenvalue weighted by atomic mass is 9.98. The van der Waals surface area contributed by atoms with E-state index in [1.165, 1.54) is 10.9 Å². The van der Waals surface area contributed by atoms with Gasteiger partial charge in [-0.3, -0.25) is 0 Å². The number of aromatic nitrogens is 1. The van der Waals surface area contributed by atoms with E-state index in [4.69, 9.17) is 5.73 Å². The Morgan fingerprint density at radius 1 is 1.33 bits per heavy atom. The highest BCUT2D eigenvalue weighted by Gasteiger charge is 2.20. The molecule has 0 spiro atoms. The number of aromatic amines is 1. The van der Waals surface area contributed by atoms with Crippen LogP contribution in [0.1, 0.15) is 25.1 Å². The van der Waals surface area contributed by atoms with Crippen molar-refractivity contribution in [2.45, 2.75) is 26.3 Å². The van der Waals surface area contributed by atoms with Gasteiger partial charge in [0.2, 0.25) is 0 Å². The quantitative estimate of drug-likeness (QED) is 0.816. The van der Waals surface area contributed by atoms with Gasteiger partial charge in [-0.25, -0.2) is 0 Å². The standard InChI is InChI=1S/C12H15BrN2/c1-7-9-5-4-8(13)6-10(9)15-11(7)12(2,3)14/h4-6,15H,14H2,1-3H3. The molecule has 1 aromatic carbocycles. The second-order valence-corrected chi connectivity index (χ2v) is 5.45. The molecule has 2 aromatic rings. The first kappa shape index (κ1) is 10.7. The lowest BCUT2D eigenvalue weighted by molar-refractivity contribution is 0.536. The van der Waals surface area contributed by atoms with Crippen LogP contribution in [0.15, 0.2) is 22.7 Å². The second-order valence-electron chi connectivity index (χ2n) is 4.54. The summed E-state index contributed by atoms with van der Waals surface area (Å²) in [6.45, 7) is 6.14. The van der Waals surface area contributed by atoms with E-state index >= 15 is 0 Å². The van der Waals surface area contributed by atoms with Crippen LogP contribution in [0.3, 0.4) is 0 Å². The molecule has 2 nitrogen and oxygen atoms in total. The van der Waals surface area contributed by atoms with Crippen LogP contribution in [0.2, 0.25) is 0 Å². The SMILES string of the molecule is Cc1c(C(C)(C)N)[nH]c2cc(Br)ccc12. The third-order valence-electron chi connectivity index (χ3n) is 2.66. The molecule has 0 aliphatic carbocycles. The van der Waals surface area contributed by atoms with Crippen molar-refractivity contribution < 1.29 is 0 Å². The number of nitrogens with two attached hydrogens (primary N) is 1. The smallest absolute Gasteiger partial charge is 0.0507 e. The molecular formula is C12H15BrN2. The van der Waals surface area contributed by atoms with Gasteiger partial charge in [0.05, 0.1) is 5.54 Å². The zero-order valence-corrected chi connectivity index (χ0v) is 10.8. The van der Waals surface area contributed by atoms with Crippen molar-refractivity contribution in [2.75, 3.05) is 0 Å². The third kappa shape index (κ3) is 1.82. The predicted octanol–water partition coefficient (Wildman–Crippen LogP) is 3.43. The molecule has 0 unspecified atom stereocenters. The largest absolute Gasteiger partial charge is 0.357 e. The highest BCUT2D eigenvalue weighted by Crippen LogP contribution is 2.29. The van der Waals surface area contributed by atoms with Gasteiger partial charge in [0.15, 0.2) is 0 Å². The maximum atomic E-state index is 6.12. The van der Waals surface area contributed by atoms with Gasteiger partial charge >= 0.3 is 0 Å². The number of rotatable bonds is 1. The summed E-state index contributed by atoms with van der Waals surface area (Å²) >= 11 is 3.47. The molecule has 3 heteroatoms. The normalized spacial score (nSPS) is 12.3. The molecule has 80 valence electrons. The van der Waals surface area contributed by atoms with Crippen LogP contribution in [0.5, 0.6) is 0 Å². The third-order valence-corrected chi connectivity index (χ3v) is 3.16. The van der Waals surface area contributed by atoms with Crippen molar-refractivity contribution in [3.8, 4) is 0 Å². The Hall–Kier alpha value is -0.800. The van der Waals surface area contributed by atoms with Gasteiger partial charge in [-0.15, -0.1) is 0 Å². The van der Waals surface area contributed by atoms with E-state index in [1.54, 1.807) is 0 Å². The number of fused-ring (bicyclic) bond motifs is 1. The zero-order chi connectivity index (χ0) is 11.2. The first-order chi connectivity index (χ1) is 6.89. The van der Waals surface area contributed by atoms with Crippen molar-refractivity contribution in [3.05, 3.63) is 33.9 Å². The summed E-state index contributed by atoms with van der Waals surface area (Å²) in [4.78, 5) is 3.39. The van der Waals surface area contributed by atoms with Gasteiger partial charge in [-0.1, -0.05) is 22.0 Å². The highest BCUT2D eigenvalue weighted by molar-refractivity contribution is 9.10. The van der Waals surface area contributed by atoms with Crippen molar-refractivity contribution in [2.24, 2.45) is 5.73 Å². The minimum Gasteiger partial charge on any atom is -0.357 e. The summed E-state index contributed by atoms with van der Waals surface area (Å²) in [5.74, 6) is 0. The predicted molar refractivity (Wildman–Crippen MR) is 67.9 cm³/mol. The number of hydrogen-bond donors (Lipinski definition) is 2. The lowest BCUT2D eigenvalue weighted by Crippen LogP contribution is -2.29. The van der Waals surface area contributed by atoms with Crippen LogP contribution < -0.4 is 5.73 Å². The minimum atomic E-state index is -0.324. The van der Waals surface area contributed by atoms with Crippen LogP contribution in [0, 0.1) is 6.92 Å². The van der Waals surface area contributed by atoms with Crippen molar-refractivity contribution in [3.63, 3.8) is 0 Å². The summed E-state index contributed by atoms with van der Waals surface area (Å²) in [6, 6.07) is 6.24. The van der Waals surface area contributed by atoms with Crippen molar-refractivity contribution in [1.82, 2.24) is 4.98 Å². The maximum Gasteiger partial charge on any atom is 0.0507 e. The molecule has 0 fully saturated rings. The summed E-state index contributed by atoms with van der Waals surface area (Å²) in [7, 11) is 0. The molecule has 2 rings (SSSR count). The number of hydrogen-bond acceptors (Lipinski definition) is 1. The van der Waals surface area contributed by atoms with E-state index in [0.29, 0.717) is 0 Å². The number of halogens is 1. The van der Waals surface area contributed by atoms with Crippen LogP contribution in [0.4, 0.5) is 0 Å². The van der Waals surface area contributed by atoms with Crippen LogP contribution in [-0.2, 0) is 5.54 Å². The molecule has 0 amide bonds. The van der Waals surface area contributed by atoms with E-state index in [9.17, 15) is 0 Å². The van der Waals surface area contributed by atoms with Gasteiger partial charge in [-0.05, 0) is 38.5 Å². The Morgan fingerprint density at radius 2 is 2.00 bits per heavy atom. The van der Waals surface area contributed by atoms with E-state index in [1.807, 2.05) is 13.8 Å². The molecule has 1 aromatic heterocycles.